The summed E-state index contributed by atoms with van der Waals surface area (Å²) in [5.74, 6) is 3.54. The zero-order chi connectivity index (χ0) is 24.7. The van der Waals surface area contributed by atoms with Gasteiger partial charge in [0.1, 0.15) is 5.75 Å². The lowest BCUT2D eigenvalue weighted by Crippen LogP contribution is -2.49. The highest BCUT2D eigenvalue weighted by Crippen LogP contribution is 2.63. The van der Waals surface area contributed by atoms with Crippen LogP contribution >= 0.6 is 11.3 Å². The van der Waals surface area contributed by atoms with Gasteiger partial charge in [-0.2, -0.15) is 0 Å². The zero-order valence-electron chi connectivity index (χ0n) is 21.6. The van der Waals surface area contributed by atoms with Gasteiger partial charge in [0, 0.05) is 23.5 Å². The molecule has 6 atom stereocenters. The van der Waals surface area contributed by atoms with Crippen molar-refractivity contribution in [2.75, 3.05) is 11.9 Å². The number of benzene rings is 1. The highest BCUT2D eigenvalue weighted by molar-refractivity contribution is 7.15. The molecule has 0 radical (unpaired) electrons. The fourth-order valence-corrected chi connectivity index (χ4v) is 8.44. The molecule has 1 aromatic heterocycles. The van der Waals surface area contributed by atoms with Gasteiger partial charge in [0.05, 0.1) is 0 Å². The van der Waals surface area contributed by atoms with Crippen molar-refractivity contribution in [2.45, 2.75) is 84.6 Å². The Morgan fingerprint density at radius 3 is 2.89 bits per heavy atom. The molecule has 0 spiro atoms. The molecule has 5 rings (SSSR count). The molecule has 2 fully saturated rings. The van der Waals surface area contributed by atoms with E-state index in [1.807, 2.05) is 25.3 Å². The third kappa shape index (κ3) is 4.89. The average Bonchev–Trinajstić information content (AvgIpc) is 3.35. The van der Waals surface area contributed by atoms with Crippen molar-refractivity contribution in [3.63, 3.8) is 0 Å². The van der Waals surface area contributed by atoms with E-state index in [9.17, 15) is 9.90 Å². The molecule has 3 N–H and O–H groups in total. The van der Waals surface area contributed by atoms with E-state index in [4.69, 9.17) is 0 Å². The highest BCUT2D eigenvalue weighted by atomic mass is 32.1. The van der Waals surface area contributed by atoms with Gasteiger partial charge >= 0.3 is 0 Å². The Labute approximate surface area is 214 Å². The van der Waals surface area contributed by atoms with Crippen molar-refractivity contribution in [3.05, 3.63) is 40.4 Å². The molecule has 1 amide bonds. The largest absolute Gasteiger partial charge is 0.508 e. The molecule has 0 saturated heterocycles. The Morgan fingerprint density at radius 2 is 2.14 bits per heavy atom. The van der Waals surface area contributed by atoms with Gasteiger partial charge in [0.15, 0.2) is 5.13 Å². The molecule has 4 unspecified atom stereocenters. The van der Waals surface area contributed by atoms with Crippen LogP contribution in [0.2, 0.25) is 0 Å². The van der Waals surface area contributed by atoms with Crippen LogP contribution in [0.1, 0.15) is 81.2 Å². The number of carbonyl (C=O) groups excluding carboxylic acids is 1. The number of nitrogens with zero attached hydrogens (tertiary/aromatic N) is 1. The lowest BCUT2D eigenvalue weighted by atomic mass is 9.53. The first kappa shape index (κ1) is 24.8. The molecule has 6 heteroatoms. The van der Waals surface area contributed by atoms with Gasteiger partial charge in [-0.05, 0) is 110 Å². The zero-order valence-corrected chi connectivity index (χ0v) is 22.5. The maximum Gasteiger partial charge on any atom is 0.226 e. The number of rotatable bonds is 7. The van der Waals surface area contributed by atoms with E-state index >= 15 is 0 Å². The van der Waals surface area contributed by atoms with Crippen molar-refractivity contribution >= 4 is 22.4 Å². The average molecular weight is 496 g/mol. The molecule has 0 aliphatic heterocycles. The Kier molecular flexibility index (Phi) is 6.97. The number of nitrogens with one attached hydrogen (secondary N) is 2. The van der Waals surface area contributed by atoms with Crippen LogP contribution in [0, 0.1) is 36.0 Å². The second-order valence-electron chi connectivity index (χ2n) is 12.0. The number of aromatic nitrogens is 1. The maximum absolute atomic E-state index is 12.8. The Hall–Kier alpha value is -1.92. The second-order valence-corrected chi connectivity index (χ2v) is 13.2. The molecule has 3 aliphatic rings. The van der Waals surface area contributed by atoms with Crippen molar-refractivity contribution in [3.8, 4) is 5.75 Å². The predicted molar refractivity (Wildman–Crippen MR) is 143 cm³/mol. The lowest BCUT2D eigenvalue weighted by Gasteiger charge is -2.52. The maximum atomic E-state index is 12.8. The van der Waals surface area contributed by atoms with Crippen LogP contribution in [0.3, 0.4) is 0 Å². The van der Waals surface area contributed by atoms with Gasteiger partial charge < -0.3 is 15.7 Å². The Morgan fingerprint density at radius 1 is 1.31 bits per heavy atom. The summed E-state index contributed by atoms with van der Waals surface area (Å²) < 4.78 is 0. The van der Waals surface area contributed by atoms with E-state index in [1.165, 1.54) is 48.1 Å². The third-order valence-corrected chi connectivity index (χ3v) is 10.1. The van der Waals surface area contributed by atoms with E-state index < -0.39 is 0 Å². The summed E-state index contributed by atoms with van der Waals surface area (Å²) in [4.78, 5) is 18.2. The van der Waals surface area contributed by atoms with Crippen LogP contribution in [0.15, 0.2) is 24.4 Å². The van der Waals surface area contributed by atoms with E-state index in [1.54, 1.807) is 0 Å². The van der Waals surface area contributed by atoms with Gasteiger partial charge in [-0.25, -0.2) is 4.98 Å². The van der Waals surface area contributed by atoms with Crippen LogP contribution in [0.4, 0.5) is 5.13 Å². The molecule has 1 aromatic carbocycles. The minimum atomic E-state index is 0.0940. The fourth-order valence-electron chi connectivity index (χ4n) is 7.76. The van der Waals surface area contributed by atoms with Crippen LogP contribution in [-0.4, -0.2) is 28.6 Å². The molecule has 2 saturated carbocycles. The number of phenolic OH excluding ortho intramolecular Hbond substituents is 1. The molecule has 2 aromatic rings. The molecule has 1 heterocycles. The Balaban J connectivity index is 1.36. The summed E-state index contributed by atoms with van der Waals surface area (Å²) in [6, 6.07) is 6.57. The standard InChI is InChI=1S/C29H41N3O2S/c1-17(2)15-30-25-14-20(6-10-26(34)32-28-31-16-18(3)35-28)27-24-8-5-19-13-21(33)7-9-22(19)23(24)11-12-29(25,27)4/h7,9,13,16-17,20,23-25,27,30,33H,5-6,8,10-12,14-15H2,1-4H3,(H,31,32,34)/t20-,23?,24?,25?,27?,29-/m1/s1. The highest BCUT2D eigenvalue weighted by Gasteiger charge is 2.58. The molecule has 190 valence electrons. The molecular formula is C29H41N3O2S. The fraction of sp³-hybridized carbons (Fsp3) is 0.655. The summed E-state index contributed by atoms with van der Waals surface area (Å²) >= 11 is 1.54. The Bertz CT molecular complexity index is 1070. The summed E-state index contributed by atoms with van der Waals surface area (Å²) in [5, 5.41) is 17.7. The molecule has 35 heavy (non-hydrogen) atoms. The first-order valence-electron chi connectivity index (χ1n) is 13.5. The number of aromatic hydroxyl groups is 1. The number of carbonyl (C=O) groups is 1. The second kappa shape index (κ2) is 9.85. The van der Waals surface area contributed by atoms with Crippen LogP contribution in [-0.2, 0) is 11.2 Å². The van der Waals surface area contributed by atoms with Crippen molar-refractivity contribution in [1.82, 2.24) is 10.3 Å². The van der Waals surface area contributed by atoms with Crippen LogP contribution < -0.4 is 10.6 Å². The minimum Gasteiger partial charge on any atom is -0.508 e. The van der Waals surface area contributed by atoms with Gasteiger partial charge in [0.25, 0.3) is 0 Å². The van der Waals surface area contributed by atoms with Gasteiger partial charge in [-0.3, -0.25) is 4.79 Å². The van der Waals surface area contributed by atoms with Crippen molar-refractivity contribution < 1.29 is 9.90 Å². The molecule has 5 nitrogen and oxygen atoms in total. The van der Waals surface area contributed by atoms with Gasteiger partial charge in [0.2, 0.25) is 5.91 Å². The SMILES string of the molecule is Cc1cnc(NC(=O)CC[C@@H]2CC(NCC(C)C)[C@@]3(C)CCC4c5ccc(O)cc5CCC4C23)s1. The van der Waals surface area contributed by atoms with E-state index in [-0.39, 0.29) is 11.3 Å². The summed E-state index contributed by atoms with van der Waals surface area (Å²) in [5.41, 5.74) is 3.09. The number of hydrogen-bond acceptors (Lipinski definition) is 5. The number of anilines is 1. The van der Waals surface area contributed by atoms with E-state index in [2.05, 4.69) is 42.5 Å². The molecule has 0 bridgehead atoms. The predicted octanol–water partition coefficient (Wildman–Crippen LogP) is 6.27. The quantitative estimate of drug-likeness (QED) is 0.423. The summed E-state index contributed by atoms with van der Waals surface area (Å²) in [7, 11) is 0. The molecular weight excluding hydrogens is 454 g/mol. The number of thiazole rings is 1. The number of hydrogen-bond donors (Lipinski definition) is 3. The van der Waals surface area contributed by atoms with Crippen molar-refractivity contribution in [1.29, 1.82) is 0 Å². The van der Waals surface area contributed by atoms with Crippen LogP contribution in [0.5, 0.6) is 5.75 Å². The lowest BCUT2D eigenvalue weighted by molar-refractivity contribution is -0.116. The first-order valence-corrected chi connectivity index (χ1v) is 14.3. The number of amides is 1. The summed E-state index contributed by atoms with van der Waals surface area (Å²) in [6.07, 6.45) is 9.20. The van der Waals surface area contributed by atoms with Gasteiger partial charge in [-0.15, -0.1) is 11.3 Å². The first-order chi connectivity index (χ1) is 16.7. The minimum absolute atomic E-state index is 0.0940. The van der Waals surface area contributed by atoms with E-state index in [0.29, 0.717) is 52.9 Å². The number of phenols is 1. The monoisotopic (exact) mass is 495 g/mol. The third-order valence-electron chi connectivity index (χ3n) is 9.23. The normalized spacial score (nSPS) is 31.6. The summed E-state index contributed by atoms with van der Waals surface area (Å²) in [6.45, 7) is 10.2. The van der Waals surface area contributed by atoms with E-state index in [0.717, 1.165) is 24.3 Å². The molecule has 3 aliphatic carbocycles. The number of fused-ring (bicyclic) bond motifs is 5. The van der Waals surface area contributed by atoms with Crippen molar-refractivity contribution in [2.24, 2.45) is 29.1 Å². The topological polar surface area (TPSA) is 74.2 Å². The van der Waals surface area contributed by atoms with Gasteiger partial charge in [-0.1, -0.05) is 26.8 Å². The smallest absolute Gasteiger partial charge is 0.226 e. The van der Waals surface area contributed by atoms with Crippen LogP contribution in [0.25, 0.3) is 0 Å². The number of aryl methyl sites for hydroxylation is 2.